The summed E-state index contributed by atoms with van der Waals surface area (Å²) in [5.41, 5.74) is 0.116. The molecule has 7 nitrogen and oxygen atoms in total. The highest BCUT2D eigenvalue weighted by molar-refractivity contribution is 5.92. The van der Waals surface area contributed by atoms with Crippen molar-refractivity contribution in [3.8, 4) is 0 Å². The lowest BCUT2D eigenvalue weighted by atomic mass is 9.43. The molecule has 7 aliphatic rings. The van der Waals surface area contributed by atoms with E-state index >= 15 is 0 Å². The first-order valence-corrected chi connectivity index (χ1v) is 11.6. The molecule has 4 saturated carbocycles. The van der Waals surface area contributed by atoms with Crippen LogP contribution in [0.25, 0.3) is 0 Å². The number of hydrogen-bond donors (Lipinski definition) is 0. The summed E-state index contributed by atoms with van der Waals surface area (Å²) in [6.45, 7) is 4.98. The number of ketones is 1. The first kappa shape index (κ1) is 18.7. The van der Waals surface area contributed by atoms with Crippen LogP contribution in [0, 0.1) is 40.4 Å². The van der Waals surface area contributed by atoms with E-state index < -0.39 is 11.8 Å². The fraction of sp³-hybridized carbons (Fsp3) is 0.792. The number of nitrogens with zero attached hydrogens (tertiary/aromatic N) is 1. The smallest absolute Gasteiger partial charge is 0.430 e. The average molecular weight is 427 g/mol. The molecule has 0 bridgehead atoms. The molecule has 7 rings (SSSR count). The largest absolute Gasteiger partial charge is 0.509 e. The Morgan fingerprint density at radius 2 is 2.10 bits per heavy atom. The lowest BCUT2D eigenvalue weighted by molar-refractivity contribution is -0.125. The van der Waals surface area contributed by atoms with E-state index in [9.17, 15) is 9.59 Å². The summed E-state index contributed by atoms with van der Waals surface area (Å²) in [6, 6.07) is 0. The van der Waals surface area contributed by atoms with Gasteiger partial charge in [-0.3, -0.25) is 4.79 Å². The van der Waals surface area contributed by atoms with Gasteiger partial charge in [-0.2, -0.15) is 0 Å². The molecule has 0 aromatic carbocycles. The summed E-state index contributed by atoms with van der Waals surface area (Å²) in [4.78, 5) is 29.5. The van der Waals surface area contributed by atoms with Crippen molar-refractivity contribution in [3.05, 3.63) is 11.6 Å². The van der Waals surface area contributed by atoms with Gasteiger partial charge in [0.15, 0.2) is 11.4 Å². The number of fused-ring (bicyclic) bond motifs is 7. The molecule has 2 heterocycles. The van der Waals surface area contributed by atoms with E-state index in [2.05, 4.69) is 19.0 Å². The molecule has 0 amide bonds. The molecule has 166 valence electrons. The zero-order chi connectivity index (χ0) is 21.4. The number of epoxide rings is 1. The number of hydrogen-bond acceptors (Lipinski definition) is 7. The van der Waals surface area contributed by atoms with Crippen molar-refractivity contribution in [1.29, 1.82) is 0 Å². The van der Waals surface area contributed by atoms with Gasteiger partial charge in [0.05, 0.1) is 6.10 Å². The van der Waals surface area contributed by atoms with Crippen molar-refractivity contribution in [2.45, 2.75) is 63.3 Å². The number of carbonyl (C=O) groups is 2. The van der Waals surface area contributed by atoms with E-state index in [1.165, 1.54) is 5.57 Å². The summed E-state index contributed by atoms with van der Waals surface area (Å²) in [7, 11) is 1.57. The lowest BCUT2D eigenvalue weighted by Crippen LogP contribution is -2.64. The lowest BCUT2D eigenvalue weighted by Gasteiger charge is -2.59. The molecule has 7 heteroatoms. The van der Waals surface area contributed by atoms with Gasteiger partial charge in [-0.15, -0.1) is 0 Å². The normalized spacial score (nSPS) is 57.8. The highest BCUT2D eigenvalue weighted by Crippen LogP contribution is 2.83. The second-order valence-corrected chi connectivity index (χ2v) is 11.4. The molecule has 10 atom stereocenters. The Morgan fingerprint density at radius 3 is 2.84 bits per heavy atom. The highest BCUT2D eigenvalue weighted by Gasteiger charge is 2.88. The van der Waals surface area contributed by atoms with Crippen molar-refractivity contribution in [3.63, 3.8) is 0 Å². The zero-order valence-corrected chi connectivity index (χ0v) is 18.3. The third-order valence-electron chi connectivity index (χ3n) is 10.6. The quantitative estimate of drug-likeness (QED) is 0.291. The van der Waals surface area contributed by atoms with Crippen LogP contribution in [0.15, 0.2) is 16.8 Å². The number of carbonyl (C=O) groups excluding carboxylic acids is 2. The van der Waals surface area contributed by atoms with Gasteiger partial charge in [0.25, 0.3) is 0 Å². The van der Waals surface area contributed by atoms with Crippen LogP contribution >= 0.6 is 0 Å². The average Bonchev–Trinajstić information content (AvgIpc) is 3.61. The minimum atomic E-state index is -0.528. The zero-order valence-electron chi connectivity index (χ0n) is 18.3. The van der Waals surface area contributed by atoms with Gasteiger partial charge in [0.2, 0.25) is 0 Å². The Hall–Kier alpha value is -1.89. The van der Waals surface area contributed by atoms with E-state index in [-0.39, 0.29) is 40.2 Å². The van der Waals surface area contributed by atoms with E-state index in [0.717, 1.165) is 25.7 Å². The number of ether oxygens (including phenoxy) is 3. The van der Waals surface area contributed by atoms with Crippen LogP contribution in [-0.2, 0) is 23.8 Å². The molecular weight excluding hydrogens is 398 g/mol. The number of rotatable bonds is 2. The number of oxime groups is 1. The van der Waals surface area contributed by atoms with Gasteiger partial charge >= 0.3 is 6.16 Å². The van der Waals surface area contributed by atoms with E-state index in [0.29, 0.717) is 30.8 Å². The molecule has 5 aliphatic carbocycles. The fourth-order valence-corrected chi connectivity index (χ4v) is 9.27. The SMILES string of the molecule is CO/N=C/[C@@H]1CC2=CC(=O)CC[C@]2(C)C23O[C@H]2C[C@@]2(C)C(C13)[C@@H]1C[C@@H]1[C@@]21COC(=O)O1. The van der Waals surface area contributed by atoms with Crippen LogP contribution in [0.2, 0.25) is 0 Å². The second kappa shape index (κ2) is 5.36. The van der Waals surface area contributed by atoms with Gasteiger partial charge in [0, 0.05) is 41.2 Å². The molecule has 0 radical (unpaired) electrons. The van der Waals surface area contributed by atoms with Gasteiger partial charge in [0.1, 0.15) is 19.3 Å². The Kier molecular flexibility index (Phi) is 3.22. The van der Waals surface area contributed by atoms with Crippen molar-refractivity contribution in [2.75, 3.05) is 13.7 Å². The van der Waals surface area contributed by atoms with Crippen molar-refractivity contribution < 1.29 is 28.6 Å². The van der Waals surface area contributed by atoms with Crippen LogP contribution in [0.3, 0.4) is 0 Å². The van der Waals surface area contributed by atoms with Crippen LogP contribution in [0.4, 0.5) is 4.79 Å². The van der Waals surface area contributed by atoms with Crippen molar-refractivity contribution in [1.82, 2.24) is 0 Å². The van der Waals surface area contributed by atoms with E-state index in [1.54, 1.807) is 7.11 Å². The summed E-state index contributed by atoms with van der Waals surface area (Å²) in [5.74, 6) is 1.88. The van der Waals surface area contributed by atoms with Gasteiger partial charge in [-0.25, -0.2) is 4.79 Å². The predicted molar refractivity (Wildman–Crippen MR) is 108 cm³/mol. The Labute approximate surface area is 181 Å². The Balaban J connectivity index is 1.39. The fourth-order valence-electron chi connectivity index (χ4n) is 9.27. The topological polar surface area (TPSA) is 86.7 Å². The predicted octanol–water partition coefficient (Wildman–Crippen LogP) is 3.27. The summed E-state index contributed by atoms with van der Waals surface area (Å²) >= 11 is 0. The first-order chi connectivity index (χ1) is 14.8. The maximum atomic E-state index is 12.3. The van der Waals surface area contributed by atoms with Crippen molar-refractivity contribution in [2.24, 2.45) is 45.6 Å². The second-order valence-electron chi connectivity index (χ2n) is 11.4. The molecule has 2 saturated heterocycles. The molecule has 2 aliphatic heterocycles. The standard InChI is InChI=1S/C24H29NO6/c1-21-5-4-14(26)7-13(21)6-12(10-25-28-3)18-19-15-8-16(15)23(11-29-20(27)31-23)22(19,2)9-17-24(18,21)30-17/h7,10,12,15-19H,4-6,8-9,11H2,1-3H3/b25-10+/t12-,15+,16-,17-,18?,19?,21-,22-,23-,24?/m0/s1. The third-order valence-corrected chi connectivity index (χ3v) is 10.6. The van der Waals surface area contributed by atoms with E-state index in [4.69, 9.17) is 19.0 Å². The Bertz CT molecular complexity index is 975. The molecule has 0 N–H and O–H groups in total. The van der Waals surface area contributed by atoms with Crippen molar-refractivity contribution >= 4 is 18.2 Å². The highest BCUT2D eigenvalue weighted by atomic mass is 16.8. The summed E-state index contributed by atoms with van der Waals surface area (Å²) in [5, 5.41) is 4.19. The maximum absolute atomic E-state index is 12.3. The third kappa shape index (κ3) is 1.87. The molecule has 6 fully saturated rings. The summed E-state index contributed by atoms with van der Waals surface area (Å²) in [6.07, 6.45) is 7.61. The van der Waals surface area contributed by atoms with Gasteiger partial charge < -0.3 is 19.0 Å². The van der Waals surface area contributed by atoms with Gasteiger partial charge in [-0.05, 0) is 43.6 Å². The molecule has 0 aromatic heterocycles. The molecule has 31 heavy (non-hydrogen) atoms. The summed E-state index contributed by atoms with van der Waals surface area (Å²) < 4.78 is 18.2. The molecular formula is C24H29NO6. The van der Waals surface area contributed by atoms with Crippen LogP contribution in [-0.4, -0.2) is 49.2 Å². The Morgan fingerprint density at radius 1 is 1.26 bits per heavy atom. The van der Waals surface area contributed by atoms with Crippen LogP contribution in [0.1, 0.15) is 46.0 Å². The maximum Gasteiger partial charge on any atom is 0.509 e. The molecule has 0 aromatic rings. The first-order valence-electron chi connectivity index (χ1n) is 11.6. The molecule has 3 unspecified atom stereocenters. The van der Waals surface area contributed by atoms with Crippen LogP contribution in [0.5, 0.6) is 0 Å². The monoisotopic (exact) mass is 427 g/mol. The minimum Gasteiger partial charge on any atom is -0.430 e. The minimum absolute atomic E-state index is 0.104. The van der Waals surface area contributed by atoms with Crippen LogP contribution < -0.4 is 0 Å². The number of cyclic esters (lactones) is 1. The van der Waals surface area contributed by atoms with Gasteiger partial charge in [-0.1, -0.05) is 24.6 Å². The van der Waals surface area contributed by atoms with E-state index in [1.807, 2.05) is 12.3 Å². The molecule has 2 spiro atoms.